The molecule has 0 heterocycles. The van der Waals surface area contributed by atoms with Gasteiger partial charge in [0, 0.05) is 0 Å². The van der Waals surface area contributed by atoms with Crippen LogP contribution in [-0.4, -0.2) is 0 Å². The average molecular weight is 166 g/mol. The van der Waals surface area contributed by atoms with Gasteiger partial charge in [-0.05, 0) is 48.9 Å². The lowest BCUT2D eigenvalue weighted by Gasteiger charge is -2.35. The molecule has 3 unspecified atom stereocenters. The van der Waals surface area contributed by atoms with Gasteiger partial charge in [-0.2, -0.15) is 0 Å². The van der Waals surface area contributed by atoms with Crippen LogP contribution in [0.15, 0.2) is 0 Å². The van der Waals surface area contributed by atoms with Gasteiger partial charge in [0.1, 0.15) is 0 Å². The van der Waals surface area contributed by atoms with Crippen LogP contribution < -0.4 is 0 Å². The minimum atomic E-state index is 0.786. The third kappa shape index (κ3) is 1.41. The van der Waals surface area contributed by atoms with Gasteiger partial charge in [-0.25, -0.2) is 0 Å². The summed E-state index contributed by atoms with van der Waals surface area (Å²) in [6, 6.07) is 0. The summed E-state index contributed by atoms with van der Waals surface area (Å²) in [4.78, 5) is 0. The minimum Gasteiger partial charge on any atom is -0.0623 e. The van der Waals surface area contributed by atoms with Crippen LogP contribution in [0.25, 0.3) is 0 Å². The van der Waals surface area contributed by atoms with E-state index < -0.39 is 0 Å². The number of hydrogen-bond donors (Lipinski definition) is 0. The van der Waals surface area contributed by atoms with Gasteiger partial charge in [0.05, 0.1) is 0 Å². The Labute approximate surface area is 76.7 Å². The van der Waals surface area contributed by atoms with Gasteiger partial charge >= 0.3 is 0 Å². The summed E-state index contributed by atoms with van der Waals surface area (Å²) >= 11 is 0. The van der Waals surface area contributed by atoms with E-state index >= 15 is 0 Å². The fourth-order valence-corrected chi connectivity index (χ4v) is 2.79. The van der Waals surface area contributed by atoms with Crippen LogP contribution in [0.5, 0.6) is 0 Å². The molecule has 0 radical (unpaired) electrons. The third-order valence-electron chi connectivity index (χ3n) is 4.62. The Bertz CT molecular complexity index is 167. The molecular weight excluding hydrogens is 144 g/mol. The molecule has 0 amide bonds. The van der Waals surface area contributed by atoms with Crippen molar-refractivity contribution in [1.82, 2.24) is 0 Å². The molecule has 0 N–H and O–H groups in total. The van der Waals surface area contributed by atoms with Crippen molar-refractivity contribution in [3.8, 4) is 0 Å². The summed E-state index contributed by atoms with van der Waals surface area (Å²) < 4.78 is 0. The van der Waals surface area contributed by atoms with Crippen molar-refractivity contribution in [2.45, 2.75) is 52.9 Å². The third-order valence-corrected chi connectivity index (χ3v) is 4.62. The molecule has 3 atom stereocenters. The van der Waals surface area contributed by atoms with Crippen molar-refractivity contribution >= 4 is 0 Å². The largest absolute Gasteiger partial charge is 0.0623 e. The smallest absolute Gasteiger partial charge is 0.0297 e. The molecule has 0 saturated heterocycles. The average Bonchev–Trinajstić information content (AvgIpc) is 2.75. The molecular formula is C12H22. The van der Waals surface area contributed by atoms with Gasteiger partial charge in [-0.3, -0.25) is 0 Å². The molecule has 70 valence electrons. The van der Waals surface area contributed by atoms with Gasteiger partial charge in [-0.1, -0.05) is 27.2 Å². The highest BCUT2D eigenvalue weighted by atomic mass is 14.5. The Morgan fingerprint density at radius 2 is 1.67 bits per heavy atom. The van der Waals surface area contributed by atoms with Crippen molar-refractivity contribution < 1.29 is 0 Å². The molecule has 0 bridgehead atoms. The van der Waals surface area contributed by atoms with Crippen molar-refractivity contribution in [3.05, 3.63) is 0 Å². The second-order valence-electron chi connectivity index (χ2n) is 5.62. The van der Waals surface area contributed by atoms with E-state index in [4.69, 9.17) is 0 Å². The first-order chi connectivity index (χ1) is 5.62. The Balaban J connectivity index is 1.94. The normalized spacial score (nSPS) is 45.8. The van der Waals surface area contributed by atoms with Gasteiger partial charge in [0.25, 0.3) is 0 Å². The first kappa shape index (κ1) is 8.59. The standard InChI is InChI=1S/C12H22/c1-9-4-5-11(8-10(9)2)12(3)6-7-12/h9-11H,4-8H2,1-3H3. The lowest BCUT2D eigenvalue weighted by atomic mass is 9.70. The van der Waals surface area contributed by atoms with Crippen LogP contribution in [0, 0.1) is 23.2 Å². The quantitative estimate of drug-likeness (QED) is 0.555. The molecule has 2 aliphatic rings. The van der Waals surface area contributed by atoms with Gasteiger partial charge in [0.15, 0.2) is 0 Å². The van der Waals surface area contributed by atoms with Crippen LogP contribution in [0.1, 0.15) is 52.9 Å². The molecule has 2 fully saturated rings. The van der Waals surface area contributed by atoms with Crippen molar-refractivity contribution in [1.29, 1.82) is 0 Å². The number of rotatable bonds is 1. The molecule has 2 rings (SSSR count). The second-order valence-corrected chi connectivity index (χ2v) is 5.62. The van der Waals surface area contributed by atoms with Gasteiger partial charge in [-0.15, -0.1) is 0 Å². The van der Waals surface area contributed by atoms with Crippen LogP contribution in [0.2, 0.25) is 0 Å². The molecule has 12 heavy (non-hydrogen) atoms. The highest BCUT2D eigenvalue weighted by Gasteiger charge is 2.46. The maximum atomic E-state index is 2.50. The van der Waals surface area contributed by atoms with E-state index in [0.717, 1.165) is 23.2 Å². The van der Waals surface area contributed by atoms with Crippen molar-refractivity contribution in [2.75, 3.05) is 0 Å². The minimum absolute atomic E-state index is 0.786. The first-order valence-corrected chi connectivity index (χ1v) is 5.62. The van der Waals surface area contributed by atoms with Gasteiger partial charge in [0.2, 0.25) is 0 Å². The lowest BCUT2D eigenvalue weighted by Crippen LogP contribution is -2.25. The Morgan fingerprint density at radius 3 is 2.17 bits per heavy atom. The molecule has 0 aromatic heterocycles. The summed E-state index contributed by atoms with van der Waals surface area (Å²) in [7, 11) is 0. The fourth-order valence-electron chi connectivity index (χ4n) is 2.79. The monoisotopic (exact) mass is 166 g/mol. The van der Waals surface area contributed by atoms with Crippen molar-refractivity contribution in [2.24, 2.45) is 23.2 Å². The summed E-state index contributed by atoms with van der Waals surface area (Å²) in [5.74, 6) is 3.05. The molecule has 2 aliphatic carbocycles. The Morgan fingerprint density at radius 1 is 1.00 bits per heavy atom. The SMILES string of the molecule is CC1CCC(C2(C)CC2)CC1C. The second kappa shape index (κ2) is 2.75. The van der Waals surface area contributed by atoms with Crippen LogP contribution >= 0.6 is 0 Å². The molecule has 0 spiro atoms. The molecule has 0 aliphatic heterocycles. The zero-order valence-corrected chi connectivity index (χ0v) is 8.77. The van der Waals surface area contributed by atoms with E-state index in [1.54, 1.807) is 0 Å². The maximum absolute atomic E-state index is 2.50. The molecule has 0 nitrogen and oxygen atoms in total. The van der Waals surface area contributed by atoms with E-state index in [-0.39, 0.29) is 0 Å². The predicted octanol–water partition coefficient (Wildman–Crippen LogP) is 3.86. The van der Waals surface area contributed by atoms with E-state index in [9.17, 15) is 0 Å². The summed E-state index contributed by atoms with van der Waals surface area (Å²) in [5, 5.41) is 0. The molecule has 0 aromatic rings. The van der Waals surface area contributed by atoms with Crippen molar-refractivity contribution in [3.63, 3.8) is 0 Å². The Kier molecular flexibility index (Phi) is 1.97. The topological polar surface area (TPSA) is 0 Å². The van der Waals surface area contributed by atoms with E-state index in [1.165, 1.54) is 32.1 Å². The number of hydrogen-bond acceptors (Lipinski definition) is 0. The van der Waals surface area contributed by atoms with Crippen LogP contribution in [-0.2, 0) is 0 Å². The maximum Gasteiger partial charge on any atom is -0.0297 e. The van der Waals surface area contributed by atoms with Crippen LogP contribution in [0.3, 0.4) is 0 Å². The van der Waals surface area contributed by atoms with E-state index in [1.807, 2.05) is 0 Å². The highest BCUT2D eigenvalue weighted by Crippen LogP contribution is 2.57. The first-order valence-electron chi connectivity index (χ1n) is 5.62. The lowest BCUT2D eigenvalue weighted by molar-refractivity contribution is 0.152. The molecule has 0 aromatic carbocycles. The van der Waals surface area contributed by atoms with E-state index in [0.29, 0.717) is 0 Å². The van der Waals surface area contributed by atoms with Crippen LogP contribution in [0.4, 0.5) is 0 Å². The molecule has 0 heteroatoms. The Hall–Kier alpha value is 0. The zero-order valence-electron chi connectivity index (χ0n) is 8.77. The highest BCUT2D eigenvalue weighted by molar-refractivity contribution is 4.96. The van der Waals surface area contributed by atoms with Gasteiger partial charge < -0.3 is 0 Å². The summed E-state index contributed by atoms with van der Waals surface area (Å²) in [6.07, 6.45) is 7.54. The summed E-state index contributed by atoms with van der Waals surface area (Å²) in [5.41, 5.74) is 0.786. The predicted molar refractivity (Wildman–Crippen MR) is 53.0 cm³/mol. The molecule has 2 saturated carbocycles. The summed E-state index contributed by atoms with van der Waals surface area (Å²) in [6.45, 7) is 7.37. The zero-order chi connectivity index (χ0) is 8.77. The fraction of sp³-hybridized carbons (Fsp3) is 1.00. The van der Waals surface area contributed by atoms with E-state index in [2.05, 4.69) is 20.8 Å².